The van der Waals surface area contributed by atoms with E-state index in [1.54, 1.807) is 0 Å². The number of esters is 3. The molecule has 0 rings (SSSR count). The van der Waals surface area contributed by atoms with Crippen molar-refractivity contribution in [2.24, 2.45) is 0 Å². The van der Waals surface area contributed by atoms with Crippen LogP contribution in [-0.4, -0.2) is 37.2 Å². The molecule has 75 heavy (non-hydrogen) atoms. The minimum Gasteiger partial charge on any atom is -0.462 e. The van der Waals surface area contributed by atoms with E-state index in [4.69, 9.17) is 14.2 Å². The zero-order valence-electron chi connectivity index (χ0n) is 48.5. The molecule has 0 bridgehead atoms. The molecule has 0 N–H and O–H groups in total. The molecule has 0 fully saturated rings. The second kappa shape index (κ2) is 62.1. The summed E-state index contributed by atoms with van der Waals surface area (Å²) < 4.78 is 16.9. The van der Waals surface area contributed by atoms with Crippen LogP contribution in [0, 0.1) is 0 Å². The van der Waals surface area contributed by atoms with Crippen LogP contribution >= 0.6 is 0 Å². The summed E-state index contributed by atoms with van der Waals surface area (Å²) in [6.07, 6.45) is 87.3. The second-order valence-corrected chi connectivity index (χ2v) is 19.8. The van der Waals surface area contributed by atoms with E-state index in [1.807, 2.05) is 0 Å². The highest BCUT2D eigenvalue weighted by molar-refractivity contribution is 5.71. The van der Waals surface area contributed by atoms with Crippen molar-refractivity contribution >= 4 is 17.9 Å². The molecule has 6 nitrogen and oxygen atoms in total. The predicted molar refractivity (Wildman–Crippen MR) is 325 cm³/mol. The molecule has 0 aromatic rings. The number of unbranched alkanes of at least 4 members (excludes halogenated alkanes) is 21. The Morgan fingerprint density at radius 3 is 0.747 bits per heavy atom. The minimum atomic E-state index is -0.799. The van der Waals surface area contributed by atoms with Gasteiger partial charge in [0, 0.05) is 19.3 Å². The lowest BCUT2D eigenvalue weighted by molar-refractivity contribution is -0.167. The Morgan fingerprint density at radius 1 is 0.267 bits per heavy atom. The van der Waals surface area contributed by atoms with Crippen LogP contribution in [0.15, 0.2) is 134 Å². The molecule has 0 amide bonds. The molecule has 424 valence electrons. The fraction of sp³-hybridized carbons (Fsp3) is 0.638. The van der Waals surface area contributed by atoms with Crippen LogP contribution in [0.1, 0.15) is 265 Å². The van der Waals surface area contributed by atoms with Gasteiger partial charge >= 0.3 is 17.9 Å². The van der Waals surface area contributed by atoms with Gasteiger partial charge in [-0.1, -0.05) is 251 Å². The highest BCUT2D eigenvalue weighted by Crippen LogP contribution is 2.15. The van der Waals surface area contributed by atoms with E-state index in [1.165, 1.54) is 64.2 Å². The summed E-state index contributed by atoms with van der Waals surface area (Å²) in [5, 5.41) is 0. The van der Waals surface area contributed by atoms with E-state index in [9.17, 15) is 14.4 Å². The monoisotopic (exact) mass is 1040 g/mol. The van der Waals surface area contributed by atoms with Gasteiger partial charge in [-0.2, -0.15) is 0 Å². The van der Waals surface area contributed by atoms with Gasteiger partial charge in [-0.15, -0.1) is 0 Å². The highest BCUT2D eigenvalue weighted by Gasteiger charge is 2.19. The molecule has 0 aliphatic heterocycles. The predicted octanol–water partition coefficient (Wildman–Crippen LogP) is 21.0. The molecule has 1 unspecified atom stereocenters. The Morgan fingerprint density at radius 2 is 0.480 bits per heavy atom. The van der Waals surface area contributed by atoms with Crippen molar-refractivity contribution in [3.05, 3.63) is 134 Å². The largest absolute Gasteiger partial charge is 0.462 e. The second-order valence-electron chi connectivity index (χ2n) is 19.8. The molecule has 1 atom stereocenters. The zero-order chi connectivity index (χ0) is 54.3. The average Bonchev–Trinajstić information content (AvgIpc) is 3.41. The Hall–Kier alpha value is -4.45. The number of hydrogen-bond acceptors (Lipinski definition) is 6. The van der Waals surface area contributed by atoms with E-state index in [2.05, 4.69) is 154 Å². The zero-order valence-corrected chi connectivity index (χ0v) is 48.5. The lowest BCUT2D eigenvalue weighted by Crippen LogP contribution is -2.30. The summed E-state index contributed by atoms with van der Waals surface area (Å²) in [5.74, 6) is -0.927. The summed E-state index contributed by atoms with van der Waals surface area (Å²) in [6, 6.07) is 0. The molecule has 0 saturated heterocycles. The Bertz CT molecular complexity index is 1620. The van der Waals surface area contributed by atoms with Crippen molar-refractivity contribution < 1.29 is 28.6 Å². The van der Waals surface area contributed by atoms with Crippen molar-refractivity contribution in [3.8, 4) is 0 Å². The van der Waals surface area contributed by atoms with Crippen LogP contribution in [0.2, 0.25) is 0 Å². The van der Waals surface area contributed by atoms with Gasteiger partial charge < -0.3 is 14.2 Å². The van der Waals surface area contributed by atoms with Crippen molar-refractivity contribution in [1.82, 2.24) is 0 Å². The first kappa shape index (κ1) is 70.5. The Kier molecular flexibility index (Phi) is 58.4. The first-order chi connectivity index (χ1) is 37.0. The van der Waals surface area contributed by atoms with Crippen molar-refractivity contribution in [3.63, 3.8) is 0 Å². The maximum absolute atomic E-state index is 12.9. The fourth-order valence-corrected chi connectivity index (χ4v) is 8.15. The summed E-state index contributed by atoms with van der Waals surface area (Å²) in [5.41, 5.74) is 0. The van der Waals surface area contributed by atoms with E-state index in [-0.39, 0.29) is 31.1 Å². The lowest BCUT2D eigenvalue weighted by Gasteiger charge is -2.18. The minimum absolute atomic E-state index is 0.0947. The van der Waals surface area contributed by atoms with Gasteiger partial charge in [0.25, 0.3) is 0 Å². The summed E-state index contributed by atoms with van der Waals surface area (Å²) >= 11 is 0. The topological polar surface area (TPSA) is 78.9 Å². The van der Waals surface area contributed by atoms with Crippen LogP contribution in [-0.2, 0) is 28.6 Å². The number of ether oxygens (including phenoxy) is 3. The molecule has 0 radical (unpaired) electrons. The summed E-state index contributed by atoms with van der Waals surface area (Å²) in [4.78, 5) is 38.3. The molecule has 0 spiro atoms. The van der Waals surface area contributed by atoms with Gasteiger partial charge in [0.2, 0.25) is 0 Å². The van der Waals surface area contributed by atoms with Gasteiger partial charge in [-0.05, 0) is 128 Å². The van der Waals surface area contributed by atoms with Gasteiger partial charge in [-0.25, -0.2) is 0 Å². The van der Waals surface area contributed by atoms with Gasteiger partial charge in [0.1, 0.15) is 13.2 Å². The smallest absolute Gasteiger partial charge is 0.306 e. The van der Waals surface area contributed by atoms with Gasteiger partial charge in [0.15, 0.2) is 6.10 Å². The number of carbonyl (C=O) groups is 3. The number of hydrogen-bond donors (Lipinski definition) is 0. The van der Waals surface area contributed by atoms with E-state index >= 15 is 0 Å². The van der Waals surface area contributed by atoms with Crippen LogP contribution in [0.3, 0.4) is 0 Å². The molecule has 6 heteroatoms. The molecular weight excluding hydrogens is 925 g/mol. The molecule has 0 aliphatic carbocycles. The van der Waals surface area contributed by atoms with E-state index < -0.39 is 6.10 Å². The first-order valence-corrected chi connectivity index (χ1v) is 30.7. The SMILES string of the molecule is CC/C=C\C/C=C\C/C=C\C/C=C\C/C=C\CCCCCCCCCCCC(=O)OCC(COC(=O)CCCCCCC/C=C\C/C=C\C/C=C\CC)OC(=O)CCCCCCCCC/C=C\C/C=C\C/C=C\CC. The maximum Gasteiger partial charge on any atom is 0.306 e. The summed E-state index contributed by atoms with van der Waals surface area (Å²) in [6.45, 7) is 6.28. The normalized spacial score (nSPS) is 13.1. The molecule has 0 saturated carbocycles. The number of rotatable bonds is 54. The standard InChI is InChI=1S/C69H112O6/c1-4-7-10-13-16-19-22-25-28-30-31-32-33-34-35-36-37-39-41-44-47-50-53-56-59-62-68(71)74-65-66(64-73-67(70)61-58-55-52-49-46-43-40-27-24-21-18-15-12-9-6-3)75-69(72)63-60-57-54-51-48-45-42-38-29-26-23-20-17-14-11-8-5-2/h7-12,16-21,25-29,31-32,34-35,40,66H,4-6,13-15,22-24,30,33,36-39,41-65H2,1-3H3/b10-7-,11-8-,12-9-,19-16-,20-17-,21-18-,28-25-,29-26-,32-31-,35-34-,40-27-. The van der Waals surface area contributed by atoms with Crippen LogP contribution in [0.5, 0.6) is 0 Å². The number of allylic oxidation sites excluding steroid dienone is 22. The third-order valence-corrected chi connectivity index (χ3v) is 12.6. The average molecular weight is 1040 g/mol. The van der Waals surface area contributed by atoms with Gasteiger partial charge in [0.05, 0.1) is 0 Å². The molecule has 0 aliphatic rings. The first-order valence-electron chi connectivity index (χ1n) is 30.7. The number of carbonyl (C=O) groups excluding carboxylic acids is 3. The maximum atomic E-state index is 12.9. The molecule has 0 aromatic carbocycles. The van der Waals surface area contributed by atoms with Crippen molar-refractivity contribution in [2.45, 2.75) is 271 Å². The molecule has 0 heterocycles. The van der Waals surface area contributed by atoms with Crippen molar-refractivity contribution in [1.29, 1.82) is 0 Å². The molecule has 0 aromatic heterocycles. The summed E-state index contributed by atoms with van der Waals surface area (Å²) in [7, 11) is 0. The van der Waals surface area contributed by atoms with Crippen LogP contribution in [0.4, 0.5) is 0 Å². The van der Waals surface area contributed by atoms with E-state index in [0.29, 0.717) is 19.3 Å². The van der Waals surface area contributed by atoms with Crippen molar-refractivity contribution in [2.75, 3.05) is 13.2 Å². The lowest BCUT2D eigenvalue weighted by atomic mass is 10.1. The Labute approximate surface area is 462 Å². The highest BCUT2D eigenvalue weighted by atomic mass is 16.6. The van der Waals surface area contributed by atoms with Gasteiger partial charge in [-0.3, -0.25) is 14.4 Å². The van der Waals surface area contributed by atoms with Crippen LogP contribution in [0.25, 0.3) is 0 Å². The third-order valence-electron chi connectivity index (χ3n) is 12.6. The fourth-order valence-electron chi connectivity index (χ4n) is 8.15. The third kappa shape index (κ3) is 60.3. The molecular formula is C69H112O6. The van der Waals surface area contributed by atoms with Crippen LogP contribution < -0.4 is 0 Å². The van der Waals surface area contributed by atoms with E-state index in [0.717, 1.165) is 161 Å². The quantitative estimate of drug-likeness (QED) is 0.0261. The Balaban J connectivity index is 4.40.